The first-order valence-electron chi connectivity index (χ1n) is 9.76. The van der Waals surface area contributed by atoms with E-state index >= 15 is 0 Å². The van der Waals surface area contributed by atoms with Crippen molar-refractivity contribution in [2.45, 2.75) is 39.2 Å². The van der Waals surface area contributed by atoms with E-state index in [0.29, 0.717) is 23.4 Å². The molecule has 0 N–H and O–H groups in total. The van der Waals surface area contributed by atoms with Crippen molar-refractivity contribution in [3.8, 4) is 0 Å². The summed E-state index contributed by atoms with van der Waals surface area (Å²) < 4.78 is 10.9. The molecule has 3 atom stereocenters. The number of methoxy groups -OCH3 is 1. The molecule has 0 amide bonds. The molecule has 6 heteroatoms. The summed E-state index contributed by atoms with van der Waals surface area (Å²) in [5.74, 6) is 2.24. The van der Waals surface area contributed by atoms with E-state index in [0.717, 1.165) is 63.1 Å². The molecule has 26 heavy (non-hydrogen) atoms. The van der Waals surface area contributed by atoms with Gasteiger partial charge in [0.05, 0.1) is 12.3 Å². The normalized spacial score (nSPS) is 35.1. The summed E-state index contributed by atoms with van der Waals surface area (Å²) in [6.45, 7) is 11.3. The lowest BCUT2D eigenvalue weighted by Crippen LogP contribution is -2.61. The number of hydrogen-bond acceptors (Lipinski definition) is 6. The molecular weight excluding hydrogens is 328 g/mol. The van der Waals surface area contributed by atoms with Crippen LogP contribution < -0.4 is 4.90 Å². The molecule has 2 bridgehead atoms. The maximum atomic E-state index is 5.59. The Bertz CT molecular complexity index is 643. The average Bonchev–Trinajstić information content (AvgIpc) is 3.06. The van der Waals surface area contributed by atoms with E-state index in [-0.39, 0.29) is 0 Å². The summed E-state index contributed by atoms with van der Waals surface area (Å²) in [5, 5.41) is 0. The Kier molecular flexibility index (Phi) is 4.70. The number of aromatic nitrogens is 2. The summed E-state index contributed by atoms with van der Waals surface area (Å²) >= 11 is 0. The molecule has 1 aromatic heterocycles. The third-order valence-electron chi connectivity index (χ3n) is 6.03. The van der Waals surface area contributed by atoms with Gasteiger partial charge in [-0.2, -0.15) is 0 Å². The van der Waals surface area contributed by atoms with Crippen LogP contribution in [0.1, 0.15) is 44.1 Å². The predicted molar refractivity (Wildman–Crippen MR) is 101 cm³/mol. The lowest BCUT2D eigenvalue weighted by atomic mass is 9.65. The first-order valence-corrected chi connectivity index (χ1v) is 9.76. The van der Waals surface area contributed by atoms with Crippen molar-refractivity contribution in [1.82, 2.24) is 14.9 Å². The molecule has 0 spiro atoms. The molecule has 3 fully saturated rings. The number of rotatable bonds is 4. The second-order valence-corrected chi connectivity index (χ2v) is 9.39. The molecule has 3 aliphatic rings. The maximum Gasteiger partial charge on any atom is 0.156 e. The number of ether oxygens (including phenoxy) is 2. The molecule has 0 radical (unpaired) electrons. The van der Waals surface area contributed by atoms with E-state index in [4.69, 9.17) is 19.4 Å². The highest BCUT2D eigenvalue weighted by molar-refractivity contribution is 5.43. The van der Waals surface area contributed by atoms with Gasteiger partial charge in [0, 0.05) is 51.9 Å². The fraction of sp³-hybridized carbons (Fsp3) is 0.800. The quantitative estimate of drug-likeness (QED) is 0.821. The number of piperidine rings is 2. The fourth-order valence-electron chi connectivity index (χ4n) is 5.69. The van der Waals surface area contributed by atoms with Gasteiger partial charge in [-0.15, -0.1) is 0 Å². The molecule has 0 saturated carbocycles. The minimum atomic E-state index is 0.309. The molecule has 4 heterocycles. The number of nitrogens with zero attached hydrogens (tertiary/aromatic N) is 4. The Hall–Kier alpha value is -1.24. The number of fused-ring (bicyclic) bond motifs is 2. The largest absolute Gasteiger partial charge is 0.381 e. The third-order valence-corrected chi connectivity index (χ3v) is 6.03. The lowest BCUT2D eigenvalue weighted by molar-refractivity contribution is 0.00501. The number of hydrogen-bond donors (Lipinski definition) is 0. The van der Waals surface area contributed by atoms with E-state index < -0.39 is 0 Å². The Morgan fingerprint density at radius 1 is 1.19 bits per heavy atom. The van der Waals surface area contributed by atoms with Gasteiger partial charge >= 0.3 is 0 Å². The summed E-state index contributed by atoms with van der Waals surface area (Å²) in [6.07, 6.45) is 2.34. The second-order valence-electron chi connectivity index (χ2n) is 9.39. The molecule has 144 valence electrons. The van der Waals surface area contributed by atoms with Crippen LogP contribution in [0.5, 0.6) is 0 Å². The molecule has 0 aromatic carbocycles. The molecule has 4 rings (SSSR count). The van der Waals surface area contributed by atoms with Crippen molar-refractivity contribution in [1.29, 1.82) is 0 Å². The van der Waals surface area contributed by atoms with Gasteiger partial charge in [0.15, 0.2) is 5.82 Å². The Morgan fingerprint density at radius 2 is 1.92 bits per heavy atom. The first kappa shape index (κ1) is 18.1. The first-order chi connectivity index (χ1) is 12.4. The summed E-state index contributed by atoms with van der Waals surface area (Å²) in [7, 11) is 3.96. The predicted octanol–water partition coefficient (Wildman–Crippen LogP) is 2.29. The molecule has 1 aromatic rings. The highest BCUT2D eigenvalue weighted by atomic mass is 16.5. The van der Waals surface area contributed by atoms with Crippen molar-refractivity contribution >= 4 is 5.82 Å². The van der Waals surface area contributed by atoms with Gasteiger partial charge in [-0.3, -0.25) is 0 Å². The van der Waals surface area contributed by atoms with Crippen LogP contribution in [0.2, 0.25) is 0 Å². The van der Waals surface area contributed by atoms with Crippen LogP contribution in [-0.4, -0.2) is 68.4 Å². The average molecular weight is 361 g/mol. The molecule has 3 unspecified atom stereocenters. The summed E-state index contributed by atoms with van der Waals surface area (Å²) in [5.41, 5.74) is 1.73. The fourth-order valence-corrected chi connectivity index (χ4v) is 5.69. The highest BCUT2D eigenvalue weighted by Gasteiger charge is 2.47. The van der Waals surface area contributed by atoms with Crippen molar-refractivity contribution < 1.29 is 9.47 Å². The van der Waals surface area contributed by atoms with Gasteiger partial charge in [-0.25, -0.2) is 9.97 Å². The monoisotopic (exact) mass is 360 g/mol. The molecule has 0 aliphatic carbocycles. The highest BCUT2D eigenvalue weighted by Crippen LogP contribution is 2.46. The van der Waals surface area contributed by atoms with Crippen molar-refractivity contribution in [3.05, 3.63) is 17.6 Å². The smallest absolute Gasteiger partial charge is 0.156 e. The number of anilines is 1. The van der Waals surface area contributed by atoms with Crippen LogP contribution in [0.4, 0.5) is 5.82 Å². The van der Waals surface area contributed by atoms with Crippen LogP contribution in [0.3, 0.4) is 0 Å². The minimum Gasteiger partial charge on any atom is -0.381 e. The topological polar surface area (TPSA) is 50.7 Å². The van der Waals surface area contributed by atoms with Gasteiger partial charge in [0.2, 0.25) is 0 Å². The van der Waals surface area contributed by atoms with Gasteiger partial charge < -0.3 is 19.3 Å². The van der Waals surface area contributed by atoms with Crippen molar-refractivity contribution in [2.75, 3.05) is 58.5 Å². The Morgan fingerprint density at radius 3 is 2.54 bits per heavy atom. The molecular formula is C20H32N4O2. The third kappa shape index (κ3) is 3.59. The van der Waals surface area contributed by atoms with Gasteiger partial charge in [0.1, 0.15) is 12.4 Å². The standard InChI is InChI=1S/C20H32N4O2/c1-19-10-20(2,12-23(3)11-19)14-24(13-19)18-7-16(15-5-6-26-8-15)21-17(22-18)9-25-4/h7,15H,5-6,8-14H2,1-4H3. The number of likely N-dealkylation sites (tertiary alicyclic amines) is 1. The zero-order valence-corrected chi connectivity index (χ0v) is 16.6. The van der Waals surface area contributed by atoms with E-state index in [9.17, 15) is 0 Å². The van der Waals surface area contributed by atoms with E-state index in [1.807, 2.05) is 0 Å². The van der Waals surface area contributed by atoms with Gasteiger partial charge in [-0.1, -0.05) is 13.8 Å². The zero-order chi connectivity index (χ0) is 18.4. The van der Waals surface area contributed by atoms with Crippen LogP contribution >= 0.6 is 0 Å². The van der Waals surface area contributed by atoms with Crippen LogP contribution in [0.25, 0.3) is 0 Å². The van der Waals surface area contributed by atoms with Crippen molar-refractivity contribution in [3.63, 3.8) is 0 Å². The van der Waals surface area contributed by atoms with E-state index in [1.54, 1.807) is 7.11 Å². The summed E-state index contributed by atoms with van der Waals surface area (Å²) in [6, 6.07) is 2.20. The lowest BCUT2D eigenvalue weighted by Gasteiger charge is -2.56. The maximum absolute atomic E-state index is 5.59. The SMILES string of the molecule is COCc1nc(C2CCOC2)cc(N2CC3(C)CN(C)CC(C)(C2)C3)n1. The Labute approximate surface area is 156 Å². The van der Waals surface area contributed by atoms with Crippen LogP contribution in [0.15, 0.2) is 6.07 Å². The minimum absolute atomic E-state index is 0.309. The van der Waals surface area contributed by atoms with E-state index in [2.05, 4.69) is 36.8 Å². The van der Waals surface area contributed by atoms with Gasteiger partial charge in [-0.05, 0) is 30.7 Å². The van der Waals surface area contributed by atoms with E-state index in [1.165, 1.54) is 6.42 Å². The molecule has 3 aliphatic heterocycles. The second kappa shape index (κ2) is 6.73. The summed E-state index contributed by atoms with van der Waals surface area (Å²) in [4.78, 5) is 14.6. The molecule has 6 nitrogen and oxygen atoms in total. The van der Waals surface area contributed by atoms with Crippen molar-refractivity contribution in [2.24, 2.45) is 10.8 Å². The van der Waals surface area contributed by atoms with Gasteiger partial charge in [0.25, 0.3) is 0 Å². The Balaban J connectivity index is 1.66. The van der Waals surface area contributed by atoms with Crippen LogP contribution in [0, 0.1) is 10.8 Å². The van der Waals surface area contributed by atoms with Crippen LogP contribution in [-0.2, 0) is 16.1 Å². The zero-order valence-electron chi connectivity index (χ0n) is 16.6. The molecule has 3 saturated heterocycles.